The molecule has 0 unspecified atom stereocenters. The summed E-state index contributed by atoms with van der Waals surface area (Å²) in [5.74, 6) is 0.720. The predicted octanol–water partition coefficient (Wildman–Crippen LogP) is 4.86. The number of nitrogen functional groups attached to an aromatic ring is 1. The lowest BCUT2D eigenvalue weighted by molar-refractivity contribution is 0.420. The van der Waals surface area contributed by atoms with Gasteiger partial charge in [0.1, 0.15) is 0 Å². The van der Waals surface area contributed by atoms with Crippen LogP contribution < -0.4 is 5.73 Å². The van der Waals surface area contributed by atoms with Crippen LogP contribution in [0.25, 0.3) is 11.1 Å². The molecule has 0 aromatic heterocycles. The quantitative estimate of drug-likeness (QED) is 0.764. The van der Waals surface area contributed by atoms with Crippen molar-refractivity contribution >= 4 is 17.3 Å². The summed E-state index contributed by atoms with van der Waals surface area (Å²) in [6, 6.07) is 14.5. The highest BCUT2D eigenvalue weighted by molar-refractivity contribution is 6.33. The summed E-state index contributed by atoms with van der Waals surface area (Å²) >= 11 is 5.98. The van der Waals surface area contributed by atoms with Gasteiger partial charge in [0.05, 0.1) is 10.7 Å². The normalized spacial score (nSPS) is 15.4. The van der Waals surface area contributed by atoms with Gasteiger partial charge in [-0.05, 0) is 47.6 Å². The first-order valence-electron chi connectivity index (χ1n) is 6.40. The van der Waals surface area contributed by atoms with E-state index in [0.29, 0.717) is 10.7 Å². The largest absolute Gasteiger partial charge is 0.398 e. The molecule has 0 aliphatic heterocycles. The van der Waals surface area contributed by atoms with Crippen LogP contribution in [0, 0.1) is 0 Å². The van der Waals surface area contributed by atoms with Gasteiger partial charge in [0.25, 0.3) is 0 Å². The van der Waals surface area contributed by atoms with E-state index in [9.17, 15) is 0 Å². The first-order chi connectivity index (χ1) is 8.75. The molecule has 2 aromatic carbocycles. The summed E-state index contributed by atoms with van der Waals surface area (Å²) in [5, 5.41) is 0.625. The molecule has 0 saturated heterocycles. The van der Waals surface area contributed by atoms with Gasteiger partial charge in [-0.1, -0.05) is 48.4 Å². The third kappa shape index (κ3) is 1.99. The summed E-state index contributed by atoms with van der Waals surface area (Å²) in [6.45, 7) is 0. The van der Waals surface area contributed by atoms with Crippen molar-refractivity contribution in [3.05, 3.63) is 53.1 Å². The van der Waals surface area contributed by atoms with Gasteiger partial charge >= 0.3 is 0 Å². The first kappa shape index (κ1) is 11.6. The summed E-state index contributed by atoms with van der Waals surface area (Å²) in [5.41, 5.74) is 10.5. The molecule has 0 heterocycles. The van der Waals surface area contributed by atoms with Gasteiger partial charge < -0.3 is 5.73 Å². The van der Waals surface area contributed by atoms with Crippen molar-refractivity contribution in [1.82, 2.24) is 0 Å². The summed E-state index contributed by atoms with van der Waals surface area (Å²) < 4.78 is 0. The number of anilines is 1. The Kier molecular flexibility index (Phi) is 3.00. The second-order valence-corrected chi connectivity index (χ2v) is 5.36. The van der Waals surface area contributed by atoms with E-state index in [-0.39, 0.29) is 0 Å². The Morgan fingerprint density at radius 2 is 1.83 bits per heavy atom. The zero-order valence-corrected chi connectivity index (χ0v) is 11.0. The molecule has 2 N–H and O–H groups in total. The Hall–Kier alpha value is -1.47. The second kappa shape index (κ2) is 4.66. The van der Waals surface area contributed by atoms with Gasteiger partial charge in [0.2, 0.25) is 0 Å². The molecule has 1 fully saturated rings. The summed E-state index contributed by atoms with van der Waals surface area (Å²) in [4.78, 5) is 0. The van der Waals surface area contributed by atoms with Crippen LogP contribution in [0.3, 0.4) is 0 Å². The molecule has 1 aliphatic rings. The van der Waals surface area contributed by atoms with Crippen molar-refractivity contribution in [2.75, 3.05) is 5.73 Å². The summed E-state index contributed by atoms with van der Waals surface area (Å²) in [7, 11) is 0. The molecule has 2 heteroatoms. The number of halogens is 1. The molecule has 0 radical (unpaired) electrons. The zero-order chi connectivity index (χ0) is 12.5. The lowest BCUT2D eigenvalue weighted by Gasteiger charge is -2.28. The van der Waals surface area contributed by atoms with Crippen molar-refractivity contribution in [2.24, 2.45) is 0 Å². The van der Waals surface area contributed by atoms with Crippen LogP contribution in [0.5, 0.6) is 0 Å². The topological polar surface area (TPSA) is 26.0 Å². The van der Waals surface area contributed by atoms with Crippen LogP contribution in [-0.2, 0) is 0 Å². The van der Waals surface area contributed by atoms with Crippen molar-refractivity contribution in [2.45, 2.75) is 25.2 Å². The molecular weight excluding hydrogens is 242 g/mol. The Morgan fingerprint density at radius 3 is 2.50 bits per heavy atom. The van der Waals surface area contributed by atoms with E-state index in [2.05, 4.69) is 30.3 Å². The third-order valence-electron chi connectivity index (χ3n) is 3.81. The van der Waals surface area contributed by atoms with Crippen LogP contribution in [0.2, 0.25) is 5.02 Å². The highest BCUT2D eigenvalue weighted by Crippen LogP contribution is 2.41. The van der Waals surface area contributed by atoms with Crippen molar-refractivity contribution < 1.29 is 0 Å². The number of benzene rings is 2. The highest BCUT2D eigenvalue weighted by atomic mass is 35.5. The SMILES string of the molecule is Nc1cc(-c2ccccc2C2CCC2)ccc1Cl. The van der Waals surface area contributed by atoms with E-state index >= 15 is 0 Å². The highest BCUT2D eigenvalue weighted by Gasteiger charge is 2.22. The first-order valence-corrected chi connectivity index (χ1v) is 6.78. The minimum Gasteiger partial charge on any atom is -0.398 e. The Bertz CT molecular complexity index is 573. The van der Waals surface area contributed by atoms with E-state index < -0.39 is 0 Å². The number of hydrogen-bond acceptors (Lipinski definition) is 1. The van der Waals surface area contributed by atoms with E-state index in [1.165, 1.54) is 36.0 Å². The number of hydrogen-bond donors (Lipinski definition) is 1. The Labute approximate surface area is 113 Å². The molecule has 3 rings (SSSR count). The molecule has 1 aliphatic carbocycles. The molecule has 0 bridgehead atoms. The van der Waals surface area contributed by atoms with Crippen LogP contribution >= 0.6 is 11.6 Å². The summed E-state index contributed by atoms with van der Waals surface area (Å²) in [6.07, 6.45) is 3.96. The van der Waals surface area contributed by atoms with Gasteiger partial charge in [-0.25, -0.2) is 0 Å². The fraction of sp³-hybridized carbons (Fsp3) is 0.250. The van der Waals surface area contributed by atoms with Crippen LogP contribution in [-0.4, -0.2) is 0 Å². The average Bonchev–Trinajstić information content (AvgIpc) is 2.31. The maximum Gasteiger partial charge on any atom is 0.0635 e. The van der Waals surface area contributed by atoms with Gasteiger partial charge in [-0.2, -0.15) is 0 Å². The molecule has 0 spiro atoms. The maximum absolute atomic E-state index is 5.98. The van der Waals surface area contributed by atoms with E-state index in [1.54, 1.807) is 0 Å². The zero-order valence-electron chi connectivity index (χ0n) is 10.2. The van der Waals surface area contributed by atoms with Crippen molar-refractivity contribution in [3.63, 3.8) is 0 Å². The molecular formula is C16H16ClN. The Balaban J connectivity index is 2.07. The monoisotopic (exact) mass is 257 g/mol. The van der Waals surface area contributed by atoms with Gasteiger partial charge in [0, 0.05) is 0 Å². The average molecular weight is 258 g/mol. The second-order valence-electron chi connectivity index (χ2n) is 4.95. The maximum atomic E-state index is 5.98. The van der Waals surface area contributed by atoms with Gasteiger partial charge in [-0.3, -0.25) is 0 Å². The van der Waals surface area contributed by atoms with Crippen molar-refractivity contribution in [3.8, 4) is 11.1 Å². The molecule has 0 amide bonds. The van der Waals surface area contributed by atoms with Crippen molar-refractivity contribution in [1.29, 1.82) is 0 Å². The molecule has 1 nitrogen and oxygen atoms in total. The van der Waals surface area contributed by atoms with Crippen LogP contribution in [0.1, 0.15) is 30.7 Å². The van der Waals surface area contributed by atoms with Gasteiger partial charge in [-0.15, -0.1) is 0 Å². The fourth-order valence-corrected chi connectivity index (χ4v) is 2.66. The third-order valence-corrected chi connectivity index (χ3v) is 4.16. The molecule has 2 aromatic rings. The molecule has 1 saturated carbocycles. The van der Waals surface area contributed by atoms with E-state index in [4.69, 9.17) is 17.3 Å². The standard InChI is InChI=1S/C16H16ClN/c17-15-9-8-12(10-16(15)18)14-7-2-1-6-13(14)11-4-3-5-11/h1-2,6-11H,3-5,18H2. The molecule has 0 atom stereocenters. The smallest absolute Gasteiger partial charge is 0.0635 e. The minimum atomic E-state index is 0.625. The lowest BCUT2D eigenvalue weighted by atomic mass is 9.77. The fourth-order valence-electron chi connectivity index (χ4n) is 2.55. The van der Waals surface area contributed by atoms with E-state index in [0.717, 1.165) is 5.92 Å². The van der Waals surface area contributed by atoms with Crippen LogP contribution in [0.15, 0.2) is 42.5 Å². The van der Waals surface area contributed by atoms with Gasteiger partial charge in [0.15, 0.2) is 0 Å². The Morgan fingerprint density at radius 1 is 1.06 bits per heavy atom. The molecule has 18 heavy (non-hydrogen) atoms. The lowest BCUT2D eigenvalue weighted by Crippen LogP contribution is -2.09. The number of rotatable bonds is 2. The minimum absolute atomic E-state index is 0.625. The predicted molar refractivity (Wildman–Crippen MR) is 77.9 cm³/mol. The molecule has 92 valence electrons. The van der Waals surface area contributed by atoms with Crippen LogP contribution in [0.4, 0.5) is 5.69 Å². The van der Waals surface area contributed by atoms with E-state index in [1.807, 2.05) is 12.1 Å². The number of nitrogens with two attached hydrogens (primary N) is 1.